The molecule has 0 unspecified atom stereocenters. The number of hydrogen-bond acceptors (Lipinski definition) is 3. The highest BCUT2D eigenvalue weighted by Crippen LogP contribution is 2.29. The van der Waals surface area contributed by atoms with E-state index in [-0.39, 0.29) is 5.91 Å². The number of thiophene rings is 1. The van der Waals surface area contributed by atoms with Gasteiger partial charge in [-0.15, -0.1) is 11.3 Å². The van der Waals surface area contributed by atoms with Crippen LogP contribution < -0.4 is 9.64 Å². The first-order valence-electron chi connectivity index (χ1n) is 8.00. The van der Waals surface area contributed by atoms with Crippen molar-refractivity contribution >= 4 is 34.5 Å². The molecule has 0 atom stereocenters. The summed E-state index contributed by atoms with van der Waals surface area (Å²) < 4.78 is 5.52. The number of rotatable bonds is 6. The van der Waals surface area contributed by atoms with E-state index in [9.17, 15) is 4.79 Å². The topological polar surface area (TPSA) is 29.5 Å². The maximum atomic E-state index is 13.2. The van der Waals surface area contributed by atoms with Gasteiger partial charge < -0.3 is 9.64 Å². The van der Waals surface area contributed by atoms with Crippen LogP contribution in [0.3, 0.4) is 0 Å². The van der Waals surface area contributed by atoms with E-state index >= 15 is 0 Å². The predicted octanol–water partition coefficient (Wildman–Crippen LogP) is 5.65. The van der Waals surface area contributed by atoms with Gasteiger partial charge >= 0.3 is 0 Å². The van der Waals surface area contributed by atoms with Crippen LogP contribution in [0.2, 0.25) is 5.02 Å². The Morgan fingerprint density at radius 2 is 1.96 bits per heavy atom. The molecule has 1 aromatic heterocycles. The number of ether oxygens (including phenoxy) is 1. The first-order chi connectivity index (χ1) is 12.2. The largest absolute Gasteiger partial charge is 0.494 e. The van der Waals surface area contributed by atoms with Crippen molar-refractivity contribution in [2.24, 2.45) is 0 Å². The third-order valence-electron chi connectivity index (χ3n) is 3.67. The molecular formula is C20H18ClNO2S. The molecule has 3 rings (SSSR count). The summed E-state index contributed by atoms with van der Waals surface area (Å²) in [6, 6.07) is 18.6. The van der Waals surface area contributed by atoms with Crippen molar-refractivity contribution in [1.82, 2.24) is 0 Å². The minimum Gasteiger partial charge on any atom is -0.494 e. The van der Waals surface area contributed by atoms with Crippen LogP contribution in [0.15, 0.2) is 66.0 Å². The summed E-state index contributed by atoms with van der Waals surface area (Å²) in [5, 5.41) is 2.55. The first-order valence-corrected chi connectivity index (χ1v) is 9.26. The van der Waals surface area contributed by atoms with Crippen LogP contribution >= 0.6 is 22.9 Å². The molecule has 0 N–H and O–H groups in total. The highest BCUT2D eigenvalue weighted by Gasteiger charge is 2.21. The molecule has 0 fully saturated rings. The first kappa shape index (κ1) is 17.5. The zero-order chi connectivity index (χ0) is 17.6. The normalized spacial score (nSPS) is 10.5. The number of anilines is 1. The summed E-state index contributed by atoms with van der Waals surface area (Å²) >= 11 is 7.97. The highest BCUT2D eigenvalue weighted by molar-refractivity contribution is 7.09. The Morgan fingerprint density at radius 3 is 2.68 bits per heavy atom. The van der Waals surface area contributed by atoms with Gasteiger partial charge in [0.25, 0.3) is 5.91 Å². The van der Waals surface area contributed by atoms with Gasteiger partial charge in [0, 0.05) is 10.4 Å². The Bertz CT molecular complexity index is 848. The number of carbonyl (C=O) groups excluding carboxylic acids is 1. The van der Waals surface area contributed by atoms with Crippen LogP contribution in [0.5, 0.6) is 5.75 Å². The lowest BCUT2D eigenvalue weighted by atomic mass is 10.1. The van der Waals surface area contributed by atoms with Gasteiger partial charge in [0.2, 0.25) is 0 Å². The molecule has 2 aromatic carbocycles. The number of hydrogen-bond donors (Lipinski definition) is 0. The van der Waals surface area contributed by atoms with Crippen LogP contribution in [0, 0.1) is 0 Å². The summed E-state index contributed by atoms with van der Waals surface area (Å²) in [4.78, 5) is 16.0. The highest BCUT2D eigenvalue weighted by atomic mass is 35.5. The lowest BCUT2D eigenvalue weighted by Crippen LogP contribution is -2.30. The molecule has 0 radical (unpaired) electrons. The van der Waals surface area contributed by atoms with Gasteiger partial charge in [-0.2, -0.15) is 0 Å². The van der Waals surface area contributed by atoms with Crippen molar-refractivity contribution in [3.8, 4) is 5.75 Å². The second-order valence-electron chi connectivity index (χ2n) is 5.38. The fraction of sp³-hybridized carbons (Fsp3) is 0.150. The van der Waals surface area contributed by atoms with E-state index in [0.29, 0.717) is 35.2 Å². The Balaban J connectivity index is 1.97. The second-order valence-corrected chi connectivity index (χ2v) is 6.82. The molecule has 128 valence electrons. The van der Waals surface area contributed by atoms with E-state index in [1.807, 2.05) is 54.8 Å². The van der Waals surface area contributed by atoms with Crippen LogP contribution in [0.1, 0.15) is 22.2 Å². The molecule has 0 aliphatic carbocycles. The summed E-state index contributed by atoms with van der Waals surface area (Å²) in [6.07, 6.45) is 0. The molecule has 0 saturated heterocycles. The molecule has 25 heavy (non-hydrogen) atoms. The van der Waals surface area contributed by atoms with E-state index in [4.69, 9.17) is 16.3 Å². The second kappa shape index (κ2) is 8.19. The van der Waals surface area contributed by atoms with Crippen molar-refractivity contribution in [3.05, 3.63) is 81.5 Å². The average Bonchev–Trinajstić information content (AvgIpc) is 3.14. The Labute approximate surface area is 156 Å². The number of amides is 1. The van der Waals surface area contributed by atoms with Gasteiger partial charge in [-0.3, -0.25) is 4.79 Å². The molecule has 0 aliphatic heterocycles. The molecule has 0 saturated carbocycles. The zero-order valence-electron chi connectivity index (χ0n) is 13.8. The smallest absolute Gasteiger partial charge is 0.258 e. The predicted molar refractivity (Wildman–Crippen MR) is 104 cm³/mol. The van der Waals surface area contributed by atoms with E-state index < -0.39 is 0 Å². The van der Waals surface area contributed by atoms with Crippen molar-refractivity contribution < 1.29 is 9.53 Å². The Morgan fingerprint density at radius 1 is 1.12 bits per heavy atom. The van der Waals surface area contributed by atoms with Crippen molar-refractivity contribution in [2.75, 3.05) is 11.5 Å². The van der Waals surface area contributed by atoms with Crippen molar-refractivity contribution in [1.29, 1.82) is 0 Å². The number of halogens is 1. The third-order valence-corrected chi connectivity index (χ3v) is 4.86. The maximum absolute atomic E-state index is 13.2. The number of para-hydroxylation sites is 1. The minimum absolute atomic E-state index is 0.108. The van der Waals surface area contributed by atoms with E-state index in [0.717, 1.165) is 4.88 Å². The van der Waals surface area contributed by atoms with Gasteiger partial charge in [-0.25, -0.2) is 0 Å². The molecule has 1 heterocycles. The molecular weight excluding hydrogens is 354 g/mol. The van der Waals surface area contributed by atoms with E-state index in [1.165, 1.54) is 0 Å². The zero-order valence-corrected chi connectivity index (χ0v) is 15.4. The average molecular weight is 372 g/mol. The van der Waals surface area contributed by atoms with E-state index in [2.05, 4.69) is 0 Å². The lowest BCUT2D eigenvalue weighted by molar-refractivity contribution is 0.0985. The summed E-state index contributed by atoms with van der Waals surface area (Å²) in [6.45, 7) is 2.95. The van der Waals surface area contributed by atoms with Crippen LogP contribution in [-0.2, 0) is 6.54 Å². The van der Waals surface area contributed by atoms with Gasteiger partial charge in [-0.1, -0.05) is 35.9 Å². The van der Waals surface area contributed by atoms with Gasteiger partial charge in [0.1, 0.15) is 5.75 Å². The monoisotopic (exact) mass is 371 g/mol. The standard InChI is InChI=1S/C20H18ClNO2S/c1-2-24-16-8-5-7-15(13-16)20(23)22(14-17-9-6-12-25-17)19-11-4-3-10-18(19)21/h3-13H,2,14H2,1H3. The molecule has 3 aromatic rings. The van der Waals surface area contributed by atoms with Gasteiger partial charge in [0.15, 0.2) is 0 Å². The number of benzene rings is 2. The quantitative estimate of drug-likeness (QED) is 0.560. The molecule has 0 aliphatic rings. The maximum Gasteiger partial charge on any atom is 0.258 e. The van der Waals surface area contributed by atoms with Crippen LogP contribution in [0.25, 0.3) is 0 Å². The van der Waals surface area contributed by atoms with Crippen LogP contribution in [0.4, 0.5) is 5.69 Å². The van der Waals surface area contributed by atoms with Crippen molar-refractivity contribution in [3.63, 3.8) is 0 Å². The van der Waals surface area contributed by atoms with Crippen LogP contribution in [-0.4, -0.2) is 12.5 Å². The minimum atomic E-state index is -0.108. The molecule has 3 nitrogen and oxygen atoms in total. The SMILES string of the molecule is CCOc1cccc(C(=O)N(Cc2cccs2)c2ccccc2Cl)c1. The Hall–Kier alpha value is -2.30. The van der Waals surface area contributed by atoms with E-state index in [1.54, 1.807) is 34.4 Å². The fourth-order valence-electron chi connectivity index (χ4n) is 2.54. The summed E-state index contributed by atoms with van der Waals surface area (Å²) in [7, 11) is 0. The number of carbonyl (C=O) groups is 1. The summed E-state index contributed by atoms with van der Waals surface area (Å²) in [5.74, 6) is 0.576. The number of nitrogens with zero attached hydrogens (tertiary/aromatic N) is 1. The molecule has 0 spiro atoms. The fourth-order valence-corrected chi connectivity index (χ4v) is 3.47. The summed E-state index contributed by atoms with van der Waals surface area (Å²) in [5.41, 5.74) is 1.27. The van der Waals surface area contributed by atoms with Gasteiger partial charge in [-0.05, 0) is 48.7 Å². The van der Waals surface area contributed by atoms with Gasteiger partial charge in [0.05, 0.1) is 23.9 Å². The molecule has 0 bridgehead atoms. The molecule has 5 heteroatoms. The lowest BCUT2D eigenvalue weighted by Gasteiger charge is -2.23. The van der Waals surface area contributed by atoms with Crippen molar-refractivity contribution in [2.45, 2.75) is 13.5 Å². The third kappa shape index (κ3) is 4.21. The Kier molecular flexibility index (Phi) is 5.74. The molecule has 1 amide bonds.